The quantitative estimate of drug-likeness (QED) is 0.894. The van der Waals surface area contributed by atoms with Crippen LogP contribution >= 0.6 is 0 Å². The Labute approximate surface area is 110 Å². The van der Waals surface area contributed by atoms with Gasteiger partial charge < -0.3 is 5.32 Å². The van der Waals surface area contributed by atoms with E-state index in [1.807, 2.05) is 12.1 Å². The lowest BCUT2D eigenvalue weighted by Crippen LogP contribution is -2.32. The number of hydrogen-bond donors (Lipinski definition) is 1. The molecule has 5 heteroatoms. The molecule has 5 nitrogen and oxygen atoms in total. The number of fused-ring (bicyclic) bond motifs is 1. The van der Waals surface area contributed by atoms with E-state index in [1.54, 1.807) is 23.9 Å². The van der Waals surface area contributed by atoms with E-state index in [0.29, 0.717) is 17.8 Å². The van der Waals surface area contributed by atoms with Gasteiger partial charge in [0.2, 0.25) is 5.43 Å². The van der Waals surface area contributed by atoms with Gasteiger partial charge in [0.15, 0.2) is 5.69 Å². The van der Waals surface area contributed by atoms with E-state index in [1.165, 1.54) is 0 Å². The number of hydrogen-bond acceptors (Lipinski definition) is 3. The van der Waals surface area contributed by atoms with Crippen LogP contribution in [0, 0.1) is 5.92 Å². The molecule has 0 bridgehead atoms. The van der Waals surface area contributed by atoms with Crippen LogP contribution in [0.4, 0.5) is 0 Å². The Bertz CT molecular complexity index is 701. The Morgan fingerprint density at radius 1 is 1.42 bits per heavy atom. The number of aryl methyl sites for hydroxylation is 1. The van der Waals surface area contributed by atoms with Gasteiger partial charge in [-0.2, -0.15) is 5.10 Å². The predicted octanol–water partition coefficient (Wildman–Crippen LogP) is 1.07. The van der Waals surface area contributed by atoms with Crippen LogP contribution in [0.3, 0.4) is 0 Å². The van der Waals surface area contributed by atoms with Gasteiger partial charge in [-0.15, -0.1) is 0 Å². The van der Waals surface area contributed by atoms with Gasteiger partial charge in [0, 0.05) is 19.0 Å². The van der Waals surface area contributed by atoms with Crippen LogP contribution in [-0.2, 0) is 7.05 Å². The van der Waals surface area contributed by atoms with Gasteiger partial charge in [0.05, 0.1) is 5.52 Å². The summed E-state index contributed by atoms with van der Waals surface area (Å²) in [4.78, 5) is 24.3. The van der Waals surface area contributed by atoms with E-state index >= 15 is 0 Å². The number of nitrogens with zero attached hydrogens (tertiary/aromatic N) is 2. The largest absolute Gasteiger partial charge is 0.350 e. The van der Waals surface area contributed by atoms with Crippen LogP contribution in [0.15, 0.2) is 29.1 Å². The summed E-state index contributed by atoms with van der Waals surface area (Å²) in [6.07, 6.45) is 2.31. The molecule has 19 heavy (non-hydrogen) atoms. The molecule has 1 heterocycles. The number of aromatic nitrogens is 2. The normalized spacial score (nSPS) is 14.6. The first-order valence-electron chi connectivity index (χ1n) is 6.41. The molecular weight excluding hydrogens is 242 g/mol. The standard InChI is InChI=1S/C14H15N3O2/c1-17-11-5-3-2-4-10(11)13(18)12(16-17)14(19)15-8-9-6-7-9/h2-5,9H,6-8H2,1H3,(H,15,19). The summed E-state index contributed by atoms with van der Waals surface area (Å²) in [6, 6.07) is 7.17. The minimum absolute atomic E-state index is 0.0261. The van der Waals surface area contributed by atoms with Crippen molar-refractivity contribution in [3.05, 3.63) is 40.2 Å². The molecule has 1 fully saturated rings. The summed E-state index contributed by atoms with van der Waals surface area (Å²) in [6.45, 7) is 0.635. The second kappa shape index (κ2) is 4.50. The molecule has 0 saturated heterocycles. The summed E-state index contributed by atoms with van der Waals surface area (Å²) < 4.78 is 1.57. The molecule has 1 saturated carbocycles. The molecule has 3 rings (SSSR count). The maximum atomic E-state index is 12.2. The lowest BCUT2D eigenvalue weighted by atomic mass is 10.2. The molecule has 0 atom stereocenters. The minimum Gasteiger partial charge on any atom is -0.350 e. The Kier molecular flexibility index (Phi) is 2.81. The average Bonchev–Trinajstić information content (AvgIpc) is 3.24. The van der Waals surface area contributed by atoms with Gasteiger partial charge in [0.1, 0.15) is 0 Å². The molecule has 1 N–H and O–H groups in total. The maximum Gasteiger partial charge on any atom is 0.275 e. The number of rotatable bonds is 3. The van der Waals surface area contributed by atoms with Gasteiger partial charge in [-0.1, -0.05) is 12.1 Å². The zero-order valence-corrected chi connectivity index (χ0v) is 10.7. The fraction of sp³-hybridized carbons (Fsp3) is 0.357. The monoisotopic (exact) mass is 257 g/mol. The molecule has 2 aromatic rings. The van der Waals surface area contributed by atoms with E-state index < -0.39 is 0 Å². The number of nitrogens with one attached hydrogen (secondary N) is 1. The van der Waals surface area contributed by atoms with Crippen molar-refractivity contribution in [2.75, 3.05) is 6.54 Å². The first kappa shape index (κ1) is 11.9. The van der Waals surface area contributed by atoms with Gasteiger partial charge in [0.25, 0.3) is 5.91 Å². The zero-order valence-electron chi connectivity index (χ0n) is 10.7. The van der Waals surface area contributed by atoms with Crippen molar-refractivity contribution in [1.82, 2.24) is 15.1 Å². The summed E-state index contributed by atoms with van der Waals surface area (Å²) in [7, 11) is 1.74. The van der Waals surface area contributed by atoms with E-state index in [9.17, 15) is 9.59 Å². The van der Waals surface area contributed by atoms with Crippen molar-refractivity contribution in [2.45, 2.75) is 12.8 Å². The molecule has 1 aliphatic rings. The molecule has 0 aliphatic heterocycles. The molecule has 1 aliphatic carbocycles. The molecule has 0 unspecified atom stereocenters. The highest BCUT2D eigenvalue weighted by Crippen LogP contribution is 2.27. The Balaban J connectivity index is 2.00. The highest BCUT2D eigenvalue weighted by molar-refractivity contribution is 5.95. The third-order valence-corrected chi connectivity index (χ3v) is 3.43. The molecule has 1 amide bonds. The second-order valence-electron chi connectivity index (χ2n) is 4.97. The molecular formula is C14H15N3O2. The number of benzene rings is 1. The smallest absolute Gasteiger partial charge is 0.275 e. The van der Waals surface area contributed by atoms with Crippen LogP contribution in [0.5, 0.6) is 0 Å². The molecule has 98 valence electrons. The van der Waals surface area contributed by atoms with Gasteiger partial charge in [-0.05, 0) is 30.9 Å². The highest BCUT2D eigenvalue weighted by Gasteiger charge is 2.23. The number of carbonyl (C=O) groups excluding carboxylic acids is 1. The third-order valence-electron chi connectivity index (χ3n) is 3.43. The van der Waals surface area contributed by atoms with Gasteiger partial charge in [-0.3, -0.25) is 14.3 Å². The Hall–Kier alpha value is -2.17. The summed E-state index contributed by atoms with van der Waals surface area (Å²) in [5.74, 6) is 0.200. The second-order valence-corrected chi connectivity index (χ2v) is 4.97. The van der Waals surface area contributed by atoms with Crippen molar-refractivity contribution in [2.24, 2.45) is 13.0 Å². The molecule has 1 aromatic heterocycles. The van der Waals surface area contributed by atoms with Crippen molar-refractivity contribution >= 4 is 16.8 Å². The number of para-hydroxylation sites is 1. The van der Waals surface area contributed by atoms with Gasteiger partial charge >= 0.3 is 0 Å². The van der Waals surface area contributed by atoms with Gasteiger partial charge in [-0.25, -0.2) is 0 Å². The predicted molar refractivity (Wildman–Crippen MR) is 72.0 cm³/mol. The van der Waals surface area contributed by atoms with Crippen molar-refractivity contribution < 1.29 is 4.79 Å². The summed E-state index contributed by atoms with van der Waals surface area (Å²) in [5.41, 5.74) is 0.398. The fourth-order valence-corrected chi connectivity index (χ4v) is 2.12. The van der Waals surface area contributed by atoms with E-state index in [-0.39, 0.29) is 17.0 Å². The SMILES string of the molecule is Cn1nc(C(=O)NCC2CC2)c(=O)c2ccccc21. The van der Waals surface area contributed by atoms with Crippen molar-refractivity contribution in [3.8, 4) is 0 Å². The number of amides is 1. The number of carbonyl (C=O) groups is 1. The fourth-order valence-electron chi connectivity index (χ4n) is 2.12. The molecule has 0 radical (unpaired) electrons. The van der Waals surface area contributed by atoms with E-state index in [0.717, 1.165) is 18.4 Å². The van der Waals surface area contributed by atoms with E-state index in [2.05, 4.69) is 10.4 Å². The Morgan fingerprint density at radius 3 is 2.89 bits per heavy atom. The molecule has 1 aromatic carbocycles. The summed E-state index contributed by atoms with van der Waals surface area (Å²) in [5, 5.41) is 7.39. The maximum absolute atomic E-state index is 12.2. The Morgan fingerprint density at radius 2 is 2.16 bits per heavy atom. The highest BCUT2D eigenvalue weighted by atomic mass is 16.2. The van der Waals surface area contributed by atoms with E-state index in [4.69, 9.17) is 0 Å². The zero-order chi connectivity index (χ0) is 13.4. The third kappa shape index (κ3) is 2.23. The van der Waals surface area contributed by atoms with Crippen LogP contribution < -0.4 is 10.7 Å². The summed E-state index contributed by atoms with van der Waals surface area (Å²) >= 11 is 0. The lowest BCUT2D eigenvalue weighted by Gasteiger charge is -2.07. The van der Waals surface area contributed by atoms with Crippen molar-refractivity contribution in [1.29, 1.82) is 0 Å². The molecule has 0 spiro atoms. The van der Waals surface area contributed by atoms with Crippen LogP contribution in [0.2, 0.25) is 0 Å². The van der Waals surface area contributed by atoms with Crippen molar-refractivity contribution in [3.63, 3.8) is 0 Å². The average molecular weight is 257 g/mol. The lowest BCUT2D eigenvalue weighted by molar-refractivity contribution is 0.0944. The minimum atomic E-state index is -0.377. The van der Waals surface area contributed by atoms with Crippen LogP contribution in [0.1, 0.15) is 23.3 Å². The van der Waals surface area contributed by atoms with Crippen LogP contribution in [-0.4, -0.2) is 22.2 Å². The first-order chi connectivity index (χ1) is 9.16. The topological polar surface area (TPSA) is 64.0 Å². The first-order valence-corrected chi connectivity index (χ1v) is 6.41. The van der Waals surface area contributed by atoms with Crippen LogP contribution in [0.25, 0.3) is 10.9 Å².